The van der Waals surface area contributed by atoms with Gasteiger partial charge < -0.3 is 9.84 Å². The number of ether oxygens (including phenoxy) is 1. The average molecular weight is 202 g/mol. The highest BCUT2D eigenvalue weighted by molar-refractivity contribution is 9.31. The van der Waals surface area contributed by atoms with Crippen LogP contribution in [0.3, 0.4) is 0 Å². The standard InChI is InChI=1S/C3H6O2S4/c4-1-2-5-3-6-8-9-7-3/h3-4H,1-2H2. The van der Waals surface area contributed by atoms with Crippen molar-refractivity contribution in [1.29, 1.82) is 0 Å². The molecule has 0 aromatic rings. The maximum Gasteiger partial charge on any atom is 0.170 e. The highest BCUT2D eigenvalue weighted by Gasteiger charge is 2.18. The van der Waals surface area contributed by atoms with Crippen molar-refractivity contribution in [2.24, 2.45) is 0 Å². The summed E-state index contributed by atoms with van der Waals surface area (Å²) in [6, 6.07) is 0. The van der Waals surface area contributed by atoms with E-state index in [1.54, 1.807) is 41.2 Å². The van der Waals surface area contributed by atoms with Crippen molar-refractivity contribution in [1.82, 2.24) is 0 Å². The lowest BCUT2D eigenvalue weighted by Crippen LogP contribution is -2.03. The van der Waals surface area contributed by atoms with Gasteiger partial charge in [0.2, 0.25) is 0 Å². The molecule has 9 heavy (non-hydrogen) atoms. The van der Waals surface area contributed by atoms with Gasteiger partial charge in [0.25, 0.3) is 0 Å². The quantitative estimate of drug-likeness (QED) is 0.704. The van der Waals surface area contributed by atoms with Crippen molar-refractivity contribution in [3.63, 3.8) is 0 Å². The Morgan fingerprint density at radius 2 is 2.00 bits per heavy atom. The van der Waals surface area contributed by atoms with Crippen LogP contribution in [-0.4, -0.2) is 23.1 Å². The molecule has 0 saturated carbocycles. The minimum absolute atomic E-state index is 0.118. The maximum absolute atomic E-state index is 8.37. The number of aliphatic hydroxyl groups excluding tert-OH is 1. The van der Waals surface area contributed by atoms with Gasteiger partial charge in [-0.2, -0.15) is 0 Å². The fourth-order valence-corrected chi connectivity index (χ4v) is 8.20. The van der Waals surface area contributed by atoms with Gasteiger partial charge in [0.1, 0.15) is 0 Å². The van der Waals surface area contributed by atoms with Crippen LogP contribution in [0.15, 0.2) is 0 Å². The van der Waals surface area contributed by atoms with Gasteiger partial charge in [0.05, 0.1) is 13.2 Å². The summed E-state index contributed by atoms with van der Waals surface area (Å²) in [6.45, 7) is 0.568. The molecule has 1 aliphatic rings. The van der Waals surface area contributed by atoms with E-state index in [9.17, 15) is 0 Å². The Hall–Kier alpha value is 1.32. The van der Waals surface area contributed by atoms with Crippen LogP contribution in [-0.2, 0) is 4.74 Å². The van der Waals surface area contributed by atoms with Gasteiger partial charge in [-0.25, -0.2) is 0 Å². The first-order valence-corrected chi connectivity index (χ1v) is 7.25. The Morgan fingerprint density at radius 3 is 2.56 bits per heavy atom. The molecule has 54 valence electrons. The summed E-state index contributed by atoms with van der Waals surface area (Å²) in [7, 11) is 6.83. The zero-order chi connectivity index (χ0) is 6.53. The Balaban J connectivity index is 1.98. The topological polar surface area (TPSA) is 29.5 Å². The van der Waals surface area contributed by atoms with Gasteiger partial charge in [-0.05, 0) is 41.2 Å². The molecule has 0 bridgehead atoms. The summed E-state index contributed by atoms with van der Waals surface area (Å²) in [4.78, 5) is 0. The Labute approximate surface area is 69.1 Å². The number of aliphatic hydroxyl groups is 1. The predicted molar refractivity (Wildman–Crippen MR) is 47.2 cm³/mol. The summed E-state index contributed by atoms with van der Waals surface area (Å²) in [6.07, 6.45) is 0. The molecule has 1 aliphatic heterocycles. The second-order valence-corrected chi connectivity index (χ2v) is 7.44. The number of rotatable bonds is 3. The molecular weight excluding hydrogens is 196 g/mol. The van der Waals surface area contributed by atoms with Crippen LogP contribution in [0.4, 0.5) is 0 Å². The normalized spacial score (nSPS) is 21.0. The highest BCUT2D eigenvalue weighted by atomic mass is 33.7. The molecule has 1 heterocycles. The van der Waals surface area contributed by atoms with E-state index in [1.807, 2.05) is 0 Å². The minimum Gasteiger partial charge on any atom is -0.394 e. The van der Waals surface area contributed by atoms with Crippen LogP contribution >= 0.6 is 41.2 Å². The predicted octanol–water partition coefficient (Wildman–Crippen LogP) is 1.97. The van der Waals surface area contributed by atoms with Crippen molar-refractivity contribution < 1.29 is 9.84 Å². The van der Waals surface area contributed by atoms with Crippen LogP contribution in [0.5, 0.6) is 0 Å². The van der Waals surface area contributed by atoms with E-state index < -0.39 is 0 Å². The van der Waals surface area contributed by atoms with E-state index in [-0.39, 0.29) is 11.4 Å². The molecule has 0 aliphatic carbocycles. The van der Waals surface area contributed by atoms with Gasteiger partial charge in [-0.1, -0.05) is 0 Å². The van der Waals surface area contributed by atoms with Crippen LogP contribution in [0.2, 0.25) is 0 Å². The second kappa shape index (κ2) is 5.03. The van der Waals surface area contributed by atoms with Crippen molar-refractivity contribution in [2.45, 2.75) is 4.77 Å². The first-order valence-electron chi connectivity index (χ1n) is 2.31. The molecule has 1 saturated heterocycles. The summed E-state index contributed by atoms with van der Waals surface area (Å²) < 4.78 is 5.40. The van der Waals surface area contributed by atoms with Gasteiger partial charge in [0, 0.05) is 0 Å². The lowest BCUT2D eigenvalue weighted by atomic mass is 10.8. The molecule has 0 radical (unpaired) electrons. The SMILES string of the molecule is OCCOC1SSSS1. The average Bonchev–Trinajstić information content (AvgIpc) is 2.34. The van der Waals surface area contributed by atoms with Crippen LogP contribution in [0, 0.1) is 0 Å². The van der Waals surface area contributed by atoms with Crippen molar-refractivity contribution in [3.8, 4) is 0 Å². The largest absolute Gasteiger partial charge is 0.394 e. The number of hydrogen-bond donors (Lipinski definition) is 1. The molecular formula is C3H6O2S4. The first kappa shape index (κ1) is 8.42. The summed E-state index contributed by atoms with van der Waals surface area (Å²) in [5, 5.41) is 8.37. The Bertz CT molecular complexity index is 74.2. The molecule has 0 aromatic heterocycles. The summed E-state index contributed by atoms with van der Waals surface area (Å²) in [5.41, 5.74) is 0. The smallest absolute Gasteiger partial charge is 0.170 e. The van der Waals surface area contributed by atoms with E-state index >= 15 is 0 Å². The molecule has 6 heteroatoms. The first-order chi connectivity index (χ1) is 4.43. The van der Waals surface area contributed by atoms with Crippen LogP contribution in [0.1, 0.15) is 0 Å². The zero-order valence-electron chi connectivity index (χ0n) is 4.48. The van der Waals surface area contributed by atoms with Gasteiger partial charge in [0.15, 0.2) is 4.77 Å². The zero-order valence-corrected chi connectivity index (χ0v) is 7.75. The van der Waals surface area contributed by atoms with Crippen molar-refractivity contribution in [3.05, 3.63) is 0 Å². The third-order valence-electron chi connectivity index (χ3n) is 0.609. The fourth-order valence-electron chi connectivity index (χ4n) is 0.317. The lowest BCUT2D eigenvalue weighted by molar-refractivity contribution is 0.113. The molecule has 1 N–H and O–H groups in total. The van der Waals surface area contributed by atoms with Gasteiger partial charge in [-0.15, -0.1) is 0 Å². The maximum atomic E-state index is 8.37. The third kappa shape index (κ3) is 3.29. The van der Waals surface area contributed by atoms with Crippen molar-refractivity contribution in [2.75, 3.05) is 13.2 Å². The Kier molecular flexibility index (Phi) is 4.71. The molecule has 0 aromatic carbocycles. The Morgan fingerprint density at radius 1 is 1.33 bits per heavy atom. The molecule has 0 amide bonds. The molecule has 1 rings (SSSR count). The van der Waals surface area contributed by atoms with E-state index in [4.69, 9.17) is 9.84 Å². The van der Waals surface area contributed by atoms with E-state index in [1.165, 1.54) is 0 Å². The fraction of sp³-hybridized carbons (Fsp3) is 1.00. The molecule has 2 nitrogen and oxygen atoms in total. The van der Waals surface area contributed by atoms with Crippen molar-refractivity contribution >= 4 is 41.2 Å². The second-order valence-electron chi connectivity index (χ2n) is 1.21. The van der Waals surface area contributed by atoms with Crippen LogP contribution < -0.4 is 0 Å². The molecule has 0 unspecified atom stereocenters. The summed E-state index contributed by atoms with van der Waals surface area (Å²) in [5.74, 6) is 0. The number of hydrogen-bond acceptors (Lipinski definition) is 6. The van der Waals surface area contributed by atoms with Gasteiger partial charge >= 0.3 is 0 Å². The molecule has 0 atom stereocenters. The van der Waals surface area contributed by atoms with E-state index in [0.29, 0.717) is 6.61 Å². The molecule has 0 spiro atoms. The highest BCUT2D eigenvalue weighted by Crippen LogP contribution is 2.58. The molecule has 1 fully saturated rings. The van der Waals surface area contributed by atoms with E-state index in [0.717, 1.165) is 0 Å². The van der Waals surface area contributed by atoms with Crippen LogP contribution in [0.25, 0.3) is 0 Å². The summed E-state index contributed by atoms with van der Waals surface area (Å²) >= 11 is 0. The third-order valence-corrected chi connectivity index (χ3v) is 7.82. The minimum atomic E-state index is 0.118. The van der Waals surface area contributed by atoms with E-state index in [2.05, 4.69) is 0 Å². The van der Waals surface area contributed by atoms with Gasteiger partial charge in [-0.3, -0.25) is 0 Å². The lowest BCUT2D eigenvalue weighted by Gasteiger charge is -2.04. The monoisotopic (exact) mass is 202 g/mol.